The zero-order valence-electron chi connectivity index (χ0n) is 31.5. The summed E-state index contributed by atoms with van der Waals surface area (Å²) in [6.07, 6.45) is 8.09. The number of nitro groups is 4. The Morgan fingerprint density at radius 2 is 0.590 bits per heavy atom. The molecule has 7 aromatic rings. The van der Waals surface area contributed by atoms with E-state index in [1.807, 2.05) is 48.6 Å². The third-order valence-electron chi connectivity index (χ3n) is 9.34. The minimum atomic E-state index is -4.27. The fourth-order valence-electron chi connectivity index (χ4n) is 6.83. The van der Waals surface area contributed by atoms with E-state index in [4.69, 9.17) is 0 Å². The molecule has 8 bridgehead atoms. The molecule has 61 heavy (non-hydrogen) atoms. The Morgan fingerprint density at radius 1 is 0.361 bits per heavy atom. The van der Waals surface area contributed by atoms with Crippen LogP contribution in [0.5, 0.6) is 0 Å². The molecule has 2 aliphatic heterocycles. The number of nitro benzene ring substituents is 4. The average molecular weight is 855 g/mol. The minimum absolute atomic E-state index is 0.0853. The zero-order valence-corrected chi connectivity index (χ0v) is 32.6. The normalized spacial score (nSPS) is 11.9. The summed E-state index contributed by atoms with van der Waals surface area (Å²) < 4.78 is -0.341. The van der Waals surface area contributed by atoms with E-state index in [0.717, 1.165) is 44.8 Å². The van der Waals surface area contributed by atoms with Crippen molar-refractivity contribution in [3.05, 3.63) is 209 Å². The second kappa shape index (κ2) is 16.5. The Balaban J connectivity index is 0.000000183. The summed E-state index contributed by atoms with van der Waals surface area (Å²) in [5, 5.41) is 49.0. The number of benzene rings is 4. The van der Waals surface area contributed by atoms with Crippen molar-refractivity contribution in [1.82, 2.24) is 19.9 Å². The first-order chi connectivity index (χ1) is 29.5. The van der Waals surface area contributed by atoms with Gasteiger partial charge in [-0.3, -0.25) is 0 Å². The fourth-order valence-corrected chi connectivity index (χ4v) is 12.7. The molecule has 0 unspecified atom stereocenters. The van der Waals surface area contributed by atoms with Gasteiger partial charge in [0.25, 0.3) is 0 Å². The summed E-state index contributed by atoms with van der Waals surface area (Å²) in [5.74, 6) is 0. The molecule has 0 saturated heterocycles. The average Bonchev–Trinajstić information content (AvgIpc) is 4.09. The maximum absolute atomic E-state index is 12.2. The topological polar surface area (TPSA) is 230 Å². The van der Waals surface area contributed by atoms with Crippen LogP contribution in [-0.2, 0) is 12.8 Å². The van der Waals surface area contributed by atoms with E-state index in [9.17, 15) is 40.5 Å². The van der Waals surface area contributed by atoms with Crippen molar-refractivity contribution in [2.45, 2.75) is 0 Å². The number of rotatable bonds is 8. The fraction of sp³-hybridized carbons (Fsp3) is 0. The van der Waals surface area contributed by atoms with Crippen molar-refractivity contribution in [3.8, 4) is 0 Å². The number of hydrogen-bond acceptors (Lipinski definition) is 10. The number of H-pyrrole nitrogens is 2. The molecular formula is C44H30FeN8O8. The number of aromatic amines is 2. The number of hydrogen-bond donors (Lipinski definition) is 2. The first-order valence-corrected chi connectivity index (χ1v) is 20.4. The van der Waals surface area contributed by atoms with Gasteiger partial charge in [-0.2, -0.15) is 0 Å². The van der Waals surface area contributed by atoms with Crippen molar-refractivity contribution < 1.29 is 32.5 Å². The van der Waals surface area contributed by atoms with Gasteiger partial charge in [0.15, 0.2) is 0 Å². The molecule has 17 heteroatoms. The van der Waals surface area contributed by atoms with Crippen LogP contribution in [-0.4, -0.2) is 39.6 Å². The predicted octanol–water partition coefficient (Wildman–Crippen LogP) is 7.73. The maximum atomic E-state index is 12.2. The monoisotopic (exact) mass is 854 g/mol. The Labute approximate surface area is 347 Å². The molecular weight excluding hydrogens is 824 g/mol. The molecule has 0 atom stereocenters. The standard InChI is InChI=1S/C20H14N4.4C6H4NO2.Fe/c1-2-14-10-16-5-6-18(23-16)12-20-8-7-19(24-20)11-17-4-3-15(22-17)9-13(1)21-14;4*8-7(9)6-4-2-1-3-5-6;/h1-12,21,24H;4*1-4H;. The third-order valence-corrected chi connectivity index (χ3v) is 14.8. The van der Waals surface area contributed by atoms with E-state index in [2.05, 4.69) is 44.2 Å². The number of fused-ring (bicyclic) bond motifs is 8. The van der Waals surface area contributed by atoms with Crippen LogP contribution in [0.3, 0.4) is 0 Å². The van der Waals surface area contributed by atoms with Gasteiger partial charge in [0, 0.05) is 22.1 Å². The van der Waals surface area contributed by atoms with E-state index in [-0.39, 0.29) is 17.8 Å². The Morgan fingerprint density at radius 3 is 0.820 bits per heavy atom. The Bertz CT molecular complexity index is 2750. The van der Waals surface area contributed by atoms with E-state index < -0.39 is 55.3 Å². The number of nitrogens with zero attached hydrogens (tertiary/aromatic N) is 6. The molecule has 0 aliphatic carbocycles. The molecule has 9 rings (SSSR count). The summed E-state index contributed by atoms with van der Waals surface area (Å²) in [5.41, 5.74) is 5.96. The van der Waals surface area contributed by atoms with E-state index >= 15 is 0 Å². The summed E-state index contributed by atoms with van der Waals surface area (Å²) in [6.45, 7) is 0. The SMILES string of the molecule is C1=Cc2cc3ccc(cc4nc(cc5ccc(cc1n2)[nH]5)C=C4)[nH]3.O=[N+]([O-])c1cccc[c]1[Fe]([c]1ccccc1[N+](=O)[O-])([c]1ccccc1[N+](=O)[O-])[c]1ccccc1[N+](=O)[O-]. The molecule has 5 heterocycles. The molecule has 0 amide bonds. The van der Waals surface area contributed by atoms with Crippen molar-refractivity contribution >= 4 is 87.0 Å². The van der Waals surface area contributed by atoms with Crippen molar-refractivity contribution in [3.63, 3.8) is 0 Å². The summed E-state index contributed by atoms with van der Waals surface area (Å²) >= 11 is -4.27. The van der Waals surface area contributed by atoms with Crippen LogP contribution in [0.1, 0.15) is 22.8 Å². The van der Waals surface area contributed by atoms with Crippen LogP contribution in [0.15, 0.2) is 146 Å². The summed E-state index contributed by atoms with van der Waals surface area (Å²) in [6, 6.07) is 37.8. The van der Waals surface area contributed by atoms with Crippen molar-refractivity contribution in [2.24, 2.45) is 0 Å². The van der Waals surface area contributed by atoms with E-state index in [0.29, 0.717) is 0 Å². The predicted molar refractivity (Wildman–Crippen MR) is 230 cm³/mol. The first-order valence-electron chi connectivity index (χ1n) is 18.2. The van der Waals surface area contributed by atoms with Gasteiger partial charge < -0.3 is 9.97 Å². The quantitative estimate of drug-likeness (QED) is 0.0858. The molecule has 3 aromatic heterocycles. The molecule has 0 fully saturated rings. The van der Waals surface area contributed by atoms with Crippen molar-refractivity contribution in [2.75, 3.05) is 0 Å². The van der Waals surface area contributed by atoms with Crippen LogP contribution in [0.4, 0.5) is 22.7 Å². The van der Waals surface area contributed by atoms with Crippen LogP contribution in [0, 0.1) is 40.5 Å². The number of aromatic nitrogens is 4. The van der Waals surface area contributed by atoms with E-state index in [1.54, 1.807) is 0 Å². The van der Waals surface area contributed by atoms with Gasteiger partial charge in [-0.05, 0) is 72.8 Å². The summed E-state index contributed by atoms with van der Waals surface area (Å²) in [7, 11) is 0. The van der Waals surface area contributed by atoms with Gasteiger partial charge in [0.1, 0.15) is 0 Å². The molecule has 0 radical (unpaired) electrons. The van der Waals surface area contributed by atoms with Crippen molar-refractivity contribution in [1.29, 1.82) is 0 Å². The van der Waals surface area contributed by atoms with Crippen LogP contribution in [0.25, 0.3) is 46.4 Å². The zero-order chi connectivity index (χ0) is 42.7. The summed E-state index contributed by atoms with van der Waals surface area (Å²) in [4.78, 5) is 62.2. The van der Waals surface area contributed by atoms with Gasteiger partial charge in [-0.15, -0.1) is 0 Å². The van der Waals surface area contributed by atoms with Crippen LogP contribution in [0.2, 0.25) is 0 Å². The third kappa shape index (κ3) is 7.80. The van der Waals surface area contributed by atoms with Gasteiger partial charge in [0.2, 0.25) is 0 Å². The second-order valence-corrected chi connectivity index (χ2v) is 17.3. The molecule has 302 valence electrons. The Kier molecular flexibility index (Phi) is 10.6. The van der Waals surface area contributed by atoms with E-state index in [1.165, 1.54) is 97.1 Å². The number of para-hydroxylation sites is 4. The molecule has 4 aromatic carbocycles. The molecule has 2 N–H and O–H groups in total. The van der Waals surface area contributed by atoms with Gasteiger partial charge in [-0.1, -0.05) is 0 Å². The first kappa shape index (κ1) is 39.4. The Hall–Kier alpha value is -8.40. The van der Waals surface area contributed by atoms with Crippen LogP contribution < -0.4 is 17.8 Å². The second-order valence-electron chi connectivity index (χ2n) is 13.2. The van der Waals surface area contributed by atoms with Gasteiger partial charge >= 0.3 is 211 Å². The van der Waals surface area contributed by atoms with Gasteiger partial charge in [0.05, 0.1) is 22.8 Å². The molecule has 0 saturated carbocycles. The number of nitrogens with one attached hydrogen (secondary N) is 2. The molecule has 2 aliphatic rings. The molecule has 0 spiro atoms. The molecule has 16 nitrogen and oxygen atoms in total. The van der Waals surface area contributed by atoms with Crippen LogP contribution >= 0.6 is 0 Å². The van der Waals surface area contributed by atoms with Gasteiger partial charge in [-0.25, -0.2) is 9.97 Å².